The molecule has 5 heterocycles. The molecular weight excluding hydrogens is 584 g/mol. The fourth-order valence-corrected chi connectivity index (χ4v) is 8.37. The maximum atomic E-state index is 16.1. The van der Waals surface area contributed by atoms with Gasteiger partial charge in [0, 0.05) is 47.4 Å². The van der Waals surface area contributed by atoms with E-state index in [-0.39, 0.29) is 29.5 Å². The number of aromatic nitrogens is 2. The molecule has 3 aromatic carbocycles. The van der Waals surface area contributed by atoms with E-state index in [4.69, 9.17) is 26.3 Å². The second-order valence-electron chi connectivity index (χ2n) is 12.6. The monoisotopic (exact) mass is 615 g/mol. The number of ether oxygens (including phenoxy) is 1. The first-order valence-corrected chi connectivity index (χ1v) is 15.6. The van der Waals surface area contributed by atoms with Crippen LogP contribution in [0.2, 0.25) is 5.02 Å². The number of piperazine rings is 1. The van der Waals surface area contributed by atoms with Crippen LogP contribution in [0.5, 0.6) is 6.01 Å². The van der Waals surface area contributed by atoms with E-state index >= 15 is 4.39 Å². The average Bonchev–Trinajstić information content (AvgIpc) is 3.79. The third-order valence-corrected chi connectivity index (χ3v) is 10.4. The van der Waals surface area contributed by atoms with Crippen molar-refractivity contribution >= 4 is 45.0 Å². The number of halogens is 3. The number of hydrogen-bond acceptors (Lipinski definition) is 6. The number of hydrogen-bond donors (Lipinski definition) is 0. The van der Waals surface area contributed by atoms with Crippen LogP contribution in [-0.2, 0) is 4.79 Å². The van der Waals surface area contributed by atoms with Gasteiger partial charge in [0.25, 0.3) is 0 Å². The number of fused-ring (bicyclic) bond motifs is 5. The van der Waals surface area contributed by atoms with Crippen molar-refractivity contribution in [2.75, 3.05) is 37.7 Å². The lowest BCUT2D eigenvalue weighted by Gasteiger charge is -2.35. The number of rotatable bonds is 6. The third kappa shape index (κ3) is 4.35. The summed E-state index contributed by atoms with van der Waals surface area (Å²) in [7, 11) is 0. The maximum Gasteiger partial charge on any atom is 0.319 e. The van der Waals surface area contributed by atoms with Crippen LogP contribution in [0.3, 0.4) is 0 Å². The summed E-state index contributed by atoms with van der Waals surface area (Å²) >= 11 is 6.62. The van der Waals surface area contributed by atoms with Crippen molar-refractivity contribution in [3.63, 3.8) is 0 Å². The van der Waals surface area contributed by atoms with E-state index in [1.807, 2.05) is 35.2 Å². The van der Waals surface area contributed by atoms with Crippen LogP contribution in [-0.4, -0.2) is 82.3 Å². The van der Waals surface area contributed by atoms with Crippen molar-refractivity contribution < 1.29 is 18.3 Å². The van der Waals surface area contributed by atoms with Crippen LogP contribution in [0.25, 0.3) is 32.8 Å². The molecule has 4 aliphatic rings. The zero-order chi connectivity index (χ0) is 30.2. The van der Waals surface area contributed by atoms with E-state index < -0.39 is 12.0 Å². The van der Waals surface area contributed by atoms with Crippen molar-refractivity contribution in [1.29, 1.82) is 0 Å². The van der Waals surface area contributed by atoms with Crippen molar-refractivity contribution in [2.24, 2.45) is 0 Å². The Morgan fingerprint density at radius 1 is 1.11 bits per heavy atom. The second kappa shape index (κ2) is 10.4. The Balaban J connectivity index is 1.23. The number of anilines is 1. The Morgan fingerprint density at radius 3 is 2.75 bits per heavy atom. The zero-order valence-corrected chi connectivity index (χ0v) is 24.9. The number of carbonyl (C=O) groups excluding carboxylic acids is 1. The minimum absolute atomic E-state index is 0.0211. The summed E-state index contributed by atoms with van der Waals surface area (Å²) in [5.74, 6) is 0.0955. The summed E-state index contributed by atoms with van der Waals surface area (Å²) in [5, 5.41) is 2.80. The van der Waals surface area contributed by atoms with Gasteiger partial charge >= 0.3 is 6.01 Å². The number of alkyl halides is 1. The molecule has 4 atom stereocenters. The topological polar surface area (TPSA) is 61.8 Å². The van der Waals surface area contributed by atoms with Gasteiger partial charge in [-0.05, 0) is 61.0 Å². The number of likely N-dealkylation sites (tertiary alicyclic amines) is 1. The molecule has 0 radical (unpaired) electrons. The van der Waals surface area contributed by atoms with E-state index in [0.29, 0.717) is 65.5 Å². The minimum Gasteiger partial charge on any atom is -0.461 e. The van der Waals surface area contributed by atoms with Crippen LogP contribution < -0.4 is 9.64 Å². The Kier molecular flexibility index (Phi) is 6.54. The zero-order valence-electron chi connectivity index (χ0n) is 24.2. The Labute approximate surface area is 259 Å². The van der Waals surface area contributed by atoms with E-state index in [0.717, 1.165) is 36.6 Å². The van der Waals surface area contributed by atoms with E-state index in [2.05, 4.69) is 16.4 Å². The fourth-order valence-electron chi connectivity index (χ4n) is 8.08. The minimum atomic E-state index is -0.869. The molecule has 0 unspecified atom stereocenters. The number of nitrogens with zero attached hydrogens (tertiary/aromatic N) is 5. The number of benzene rings is 3. The first kappa shape index (κ1) is 27.7. The van der Waals surface area contributed by atoms with Crippen molar-refractivity contribution in [3.05, 3.63) is 72.0 Å². The van der Waals surface area contributed by atoms with E-state index in [1.165, 1.54) is 12.1 Å². The van der Waals surface area contributed by atoms with Crippen molar-refractivity contribution in [1.82, 2.24) is 19.8 Å². The highest BCUT2D eigenvalue weighted by Gasteiger charge is 2.50. The quantitative estimate of drug-likeness (QED) is 0.242. The molecule has 4 fully saturated rings. The van der Waals surface area contributed by atoms with Gasteiger partial charge in [0.1, 0.15) is 24.4 Å². The molecule has 0 N–H and O–H groups in total. The van der Waals surface area contributed by atoms with Crippen LogP contribution in [0.4, 0.5) is 14.6 Å². The first-order valence-electron chi connectivity index (χ1n) is 15.2. The molecule has 4 aliphatic heterocycles. The lowest BCUT2D eigenvalue weighted by molar-refractivity contribution is -0.127. The molecule has 4 saturated heterocycles. The number of carbonyl (C=O) groups is 1. The molecule has 2 bridgehead atoms. The Morgan fingerprint density at radius 2 is 1.95 bits per heavy atom. The van der Waals surface area contributed by atoms with Gasteiger partial charge in [-0.2, -0.15) is 9.97 Å². The largest absolute Gasteiger partial charge is 0.461 e. The summed E-state index contributed by atoms with van der Waals surface area (Å²) in [6.07, 6.45) is 3.59. The molecule has 8 rings (SSSR count). The highest BCUT2D eigenvalue weighted by Crippen LogP contribution is 2.43. The number of amides is 1. The summed E-state index contributed by atoms with van der Waals surface area (Å²) < 4.78 is 36.9. The van der Waals surface area contributed by atoms with Crippen LogP contribution in [0.15, 0.2) is 61.2 Å². The fraction of sp³-hybridized carbons (Fsp3) is 0.382. The molecule has 44 heavy (non-hydrogen) atoms. The molecular formula is C34H32ClF2N5O2. The molecule has 0 saturated carbocycles. The van der Waals surface area contributed by atoms with Gasteiger partial charge in [-0.15, -0.1) is 0 Å². The highest BCUT2D eigenvalue weighted by molar-refractivity contribution is 6.36. The first-order chi connectivity index (χ1) is 21.3. The average molecular weight is 616 g/mol. The van der Waals surface area contributed by atoms with Crippen molar-refractivity contribution in [2.45, 2.75) is 49.5 Å². The van der Waals surface area contributed by atoms with E-state index in [9.17, 15) is 9.18 Å². The molecule has 0 spiro atoms. The molecule has 226 valence electrons. The van der Waals surface area contributed by atoms with Gasteiger partial charge in [0.2, 0.25) is 5.91 Å². The molecule has 7 nitrogen and oxygen atoms in total. The summed E-state index contributed by atoms with van der Waals surface area (Å²) in [6, 6.07) is 14.8. The lowest BCUT2D eigenvalue weighted by atomic mass is 9.95. The van der Waals surface area contributed by atoms with E-state index in [1.54, 1.807) is 12.1 Å². The second-order valence-corrected chi connectivity index (χ2v) is 13.0. The van der Waals surface area contributed by atoms with Crippen LogP contribution >= 0.6 is 11.6 Å². The van der Waals surface area contributed by atoms with Gasteiger partial charge in [-0.3, -0.25) is 9.69 Å². The lowest BCUT2D eigenvalue weighted by Crippen LogP contribution is -2.48. The van der Waals surface area contributed by atoms with Crippen LogP contribution in [0.1, 0.15) is 25.7 Å². The third-order valence-electron chi connectivity index (χ3n) is 10.1. The summed E-state index contributed by atoms with van der Waals surface area (Å²) in [6.45, 7) is 6.34. The van der Waals surface area contributed by atoms with Crippen molar-refractivity contribution in [3.8, 4) is 17.1 Å². The normalized spacial score (nSPS) is 26.2. The molecule has 1 aromatic heterocycles. The predicted molar refractivity (Wildman–Crippen MR) is 167 cm³/mol. The maximum absolute atomic E-state index is 16.1. The molecule has 4 aromatic rings. The standard InChI is InChI=1S/C34H32ClF2N5O2/c1-2-30(43)41-17-23-12-22(41)18-42(23)32-26-13-28(37)25(24-8-3-6-20-7-4-9-27(35)31(20)24)14-29(26)38-33(39-32)44-19-34-10-5-11-40(34)16-21(36)15-34/h2-4,6-9,13-14,21-23H,1,5,10-12,15-19H2/t21-,22-,23-,34+/m1/s1. The molecule has 1 amide bonds. The smallest absolute Gasteiger partial charge is 0.319 e. The summed E-state index contributed by atoms with van der Waals surface area (Å²) in [4.78, 5) is 28.3. The van der Waals surface area contributed by atoms with Gasteiger partial charge in [0.05, 0.1) is 23.1 Å². The molecule has 0 aliphatic carbocycles. The van der Waals surface area contributed by atoms with Gasteiger partial charge in [-0.1, -0.05) is 48.5 Å². The predicted octanol–water partition coefficient (Wildman–Crippen LogP) is 6.17. The summed E-state index contributed by atoms with van der Waals surface area (Å²) in [5.41, 5.74) is 1.25. The highest BCUT2D eigenvalue weighted by atomic mass is 35.5. The Hall–Kier alpha value is -3.82. The van der Waals surface area contributed by atoms with Gasteiger partial charge in [0.15, 0.2) is 0 Å². The molecule has 10 heteroatoms. The Bertz CT molecular complexity index is 1830. The van der Waals surface area contributed by atoms with Gasteiger partial charge in [-0.25, -0.2) is 8.78 Å². The van der Waals surface area contributed by atoms with Crippen LogP contribution in [0, 0.1) is 5.82 Å². The SMILES string of the molecule is C=CC(=O)N1C[C@H]2C[C@@H]1CN2c1nc(OC[C@@]23CCCN2C[C@H](F)C3)nc2cc(-c3cccc4cccc(Cl)c34)c(F)cc12. The van der Waals surface area contributed by atoms with Gasteiger partial charge < -0.3 is 14.5 Å².